The standard InChI is InChI=1S/C19H39N5O10/c1-24-10-11(26)8(4-25)32-19(14(10)29)34-17-6(22)2-5(21)16(15(17)30)33-18-9(23)13(28)12(27)7(3-20)31-18/h5-19,24-30H,2-4,20-23H2,1H3. The molecule has 0 bridgehead atoms. The Kier molecular flexibility index (Phi) is 9.57. The highest BCUT2D eigenvalue weighted by molar-refractivity contribution is 5.02. The molecule has 2 aliphatic heterocycles. The summed E-state index contributed by atoms with van der Waals surface area (Å²) in [5, 5.41) is 64.4. The normalized spacial score (nSPS) is 52.5. The van der Waals surface area contributed by atoms with Crippen molar-refractivity contribution < 1.29 is 49.6 Å². The van der Waals surface area contributed by atoms with Crippen LogP contribution in [0.15, 0.2) is 0 Å². The number of nitrogens with two attached hydrogens (primary N) is 4. The topological polar surface area (TPSA) is 274 Å². The second-order valence-corrected chi connectivity index (χ2v) is 9.11. The fraction of sp³-hybridized carbons (Fsp3) is 1.00. The number of aliphatic hydroxyl groups excluding tert-OH is 6. The maximum absolute atomic E-state index is 11.0. The van der Waals surface area contributed by atoms with Crippen LogP contribution in [0.5, 0.6) is 0 Å². The van der Waals surface area contributed by atoms with E-state index in [0.29, 0.717) is 0 Å². The number of hydrogen-bond acceptors (Lipinski definition) is 15. The molecule has 1 saturated carbocycles. The Morgan fingerprint density at radius 1 is 0.794 bits per heavy atom. The Morgan fingerprint density at radius 2 is 1.35 bits per heavy atom. The van der Waals surface area contributed by atoms with Gasteiger partial charge < -0.3 is 77.8 Å². The van der Waals surface area contributed by atoms with Crippen LogP contribution in [0.2, 0.25) is 0 Å². The van der Waals surface area contributed by atoms with Gasteiger partial charge in [0.2, 0.25) is 0 Å². The lowest BCUT2D eigenvalue weighted by Crippen LogP contribution is -2.69. The first-order valence-corrected chi connectivity index (χ1v) is 11.3. The van der Waals surface area contributed by atoms with E-state index in [9.17, 15) is 30.6 Å². The van der Waals surface area contributed by atoms with E-state index in [1.165, 1.54) is 7.05 Å². The average molecular weight is 498 g/mol. The molecule has 0 radical (unpaired) electrons. The van der Waals surface area contributed by atoms with E-state index in [1.807, 2.05) is 0 Å². The van der Waals surface area contributed by atoms with Crippen molar-refractivity contribution in [1.29, 1.82) is 0 Å². The summed E-state index contributed by atoms with van der Waals surface area (Å²) < 4.78 is 22.7. The molecule has 0 aromatic carbocycles. The third kappa shape index (κ3) is 5.39. The quantitative estimate of drug-likeness (QED) is 0.156. The van der Waals surface area contributed by atoms with E-state index in [2.05, 4.69) is 5.32 Å². The molecule has 34 heavy (non-hydrogen) atoms. The zero-order chi connectivity index (χ0) is 25.3. The van der Waals surface area contributed by atoms with E-state index >= 15 is 0 Å². The van der Waals surface area contributed by atoms with Crippen molar-refractivity contribution in [3.63, 3.8) is 0 Å². The van der Waals surface area contributed by atoms with Crippen LogP contribution < -0.4 is 28.3 Å². The van der Waals surface area contributed by atoms with Crippen molar-refractivity contribution in [2.75, 3.05) is 20.2 Å². The molecule has 3 fully saturated rings. The van der Waals surface area contributed by atoms with Gasteiger partial charge in [-0.2, -0.15) is 0 Å². The molecule has 0 amide bonds. The molecule has 200 valence electrons. The Morgan fingerprint density at radius 3 is 1.88 bits per heavy atom. The molecule has 2 heterocycles. The van der Waals surface area contributed by atoms with Crippen molar-refractivity contribution in [3.05, 3.63) is 0 Å². The maximum atomic E-state index is 11.0. The minimum atomic E-state index is -1.43. The Hall–Kier alpha value is -0.600. The summed E-state index contributed by atoms with van der Waals surface area (Å²) in [6.45, 7) is -0.642. The lowest BCUT2D eigenvalue weighted by atomic mass is 9.84. The molecule has 15 atom stereocenters. The monoisotopic (exact) mass is 497 g/mol. The van der Waals surface area contributed by atoms with E-state index < -0.39 is 98.3 Å². The average Bonchev–Trinajstić information content (AvgIpc) is 2.80. The molecule has 15 N–H and O–H groups in total. The van der Waals surface area contributed by atoms with Crippen molar-refractivity contribution in [2.24, 2.45) is 22.9 Å². The van der Waals surface area contributed by atoms with Crippen LogP contribution in [0.25, 0.3) is 0 Å². The Labute approximate surface area is 196 Å². The number of likely N-dealkylation sites (N-methyl/N-ethyl adjacent to an activating group) is 1. The van der Waals surface area contributed by atoms with Crippen LogP contribution >= 0.6 is 0 Å². The summed E-state index contributed by atoms with van der Waals surface area (Å²) in [6.07, 6.45) is -13.4. The SMILES string of the molecule is CNC1C(O)C(CO)OC(OC2C(N)CC(N)C(OC3OC(CN)C(O)C(O)C3N)C2O)C1O. The third-order valence-electron chi connectivity index (χ3n) is 6.84. The molecule has 2 saturated heterocycles. The molecule has 3 aliphatic rings. The number of rotatable bonds is 7. The van der Waals surface area contributed by atoms with Gasteiger partial charge in [-0.25, -0.2) is 0 Å². The van der Waals surface area contributed by atoms with Gasteiger partial charge in [0.15, 0.2) is 12.6 Å². The smallest absolute Gasteiger partial charge is 0.186 e. The van der Waals surface area contributed by atoms with Crippen molar-refractivity contribution in [1.82, 2.24) is 5.32 Å². The van der Waals surface area contributed by atoms with Crippen LogP contribution in [0.4, 0.5) is 0 Å². The lowest BCUT2D eigenvalue weighted by molar-refractivity contribution is -0.320. The lowest BCUT2D eigenvalue weighted by Gasteiger charge is -2.48. The zero-order valence-electron chi connectivity index (χ0n) is 18.9. The number of hydrogen-bond donors (Lipinski definition) is 11. The summed E-state index contributed by atoms with van der Waals surface area (Å²) in [4.78, 5) is 0. The van der Waals surface area contributed by atoms with E-state index in [1.54, 1.807) is 0 Å². The predicted octanol–water partition coefficient (Wildman–Crippen LogP) is -7.06. The molecule has 1 aliphatic carbocycles. The van der Waals surface area contributed by atoms with E-state index in [-0.39, 0.29) is 13.0 Å². The maximum Gasteiger partial charge on any atom is 0.186 e. The summed E-state index contributed by atoms with van der Waals surface area (Å²) in [6, 6.07) is -3.58. The van der Waals surface area contributed by atoms with Crippen LogP contribution in [-0.4, -0.2) is 143 Å². The van der Waals surface area contributed by atoms with Crippen molar-refractivity contribution in [3.8, 4) is 0 Å². The van der Waals surface area contributed by atoms with Gasteiger partial charge in [-0.15, -0.1) is 0 Å². The zero-order valence-corrected chi connectivity index (χ0v) is 18.9. The molecule has 0 aromatic heterocycles. The van der Waals surface area contributed by atoms with Gasteiger partial charge in [0.05, 0.1) is 18.7 Å². The molecule has 3 rings (SSSR count). The van der Waals surface area contributed by atoms with E-state index in [4.69, 9.17) is 41.9 Å². The Balaban J connectivity index is 1.73. The molecular formula is C19H39N5O10. The van der Waals surface area contributed by atoms with Gasteiger partial charge in [-0.1, -0.05) is 0 Å². The summed E-state index contributed by atoms with van der Waals surface area (Å²) in [7, 11) is 1.52. The molecular weight excluding hydrogens is 458 g/mol. The van der Waals surface area contributed by atoms with Gasteiger partial charge in [0.25, 0.3) is 0 Å². The van der Waals surface area contributed by atoms with Gasteiger partial charge >= 0.3 is 0 Å². The van der Waals surface area contributed by atoms with Crippen LogP contribution in [0.1, 0.15) is 6.42 Å². The first-order valence-electron chi connectivity index (χ1n) is 11.3. The summed E-state index contributed by atoms with van der Waals surface area (Å²) in [5.74, 6) is 0. The minimum absolute atomic E-state index is 0.109. The molecule has 15 nitrogen and oxygen atoms in total. The van der Waals surface area contributed by atoms with Crippen LogP contribution in [0.3, 0.4) is 0 Å². The number of aliphatic hydroxyl groups is 6. The number of ether oxygens (including phenoxy) is 4. The summed E-state index contributed by atoms with van der Waals surface area (Å²) in [5.41, 5.74) is 23.9. The van der Waals surface area contributed by atoms with Gasteiger partial charge in [0.1, 0.15) is 54.9 Å². The first-order chi connectivity index (χ1) is 16.0. The predicted molar refractivity (Wildman–Crippen MR) is 115 cm³/mol. The fourth-order valence-electron chi connectivity index (χ4n) is 4.76. The van der Waals surface area contributed by atoms with Gasteiger partial charge in [-0.3, -0.25) is 0 Å². The molecule has 15 unspecified atom stereocenters. The molecule has 0 aromatic rings. The highest BCUT2D eigenvalue weighted by Crippen LogP contribution is 2.31. The van der Waals surface area contributed by atoms with Crippen molar-refractivity contribution >= 4 is 0 Å². The fourth-order valence-corrected chi connectivity index (χ4v) is 4.76. The van der Waals surface area contributed by atoms with E-state index in [0.717, 1.165) is 0 Å². The number of nitrogens with one attached hydrogen (secondary N) is 1. The van der Waals surface area contributed by atoms with Crippen molar-refractivity contribution in [2.45, 2.75) is 98.1 Å². The highest BCUT2D eigenvalue weighted by atomic mass is 16.7. The second kappa shape index (κ2) is 11.6. The first kappa shape index (κ1) is 28.0. The highest BCUT2D eigenvalue weighted by Gasteiger charge is 2.51. The van der Waals surface area contributed by atoms with Gasteiger partial charge in [0, 0.05) is 18.6 Å². The molecule has 15 heteroatoms. The Bertz CT molecular complexity index is 653. The van der Waals surface area contributed by atoms with Crippen LogP contribution in [-0.2, 0) is 18.9 Å². The van der Waals surface area contributed by atoms with Crippen LogP contribution in [0, 0.1) is 0 Å². The van der Waals surface area contributed by atoms with Gasteiger partial charge in [-0.05, 0) is 13.5 Å². The third-order valence-corrected chi connectivity index (χ3v) is 6.84. The minimum Gasteiger partial charge on any atom is -0.394 e. The second-order valence-electron chi connectivity index (χ2n) is 9.11. The summed E-state index contributed by atoms with van der Waals surface area (Å²) >= 11 is 0. The molecule has 0 spiro atoms. The largest absolute Gasteiger partial charge is 0.394 e.